The van der Waals surface area contributed by atoms with Gasteiger partial charge in [-0.05, 0) is 67.6 Å². The molecule has 20 heavy (non-hydrogen) atoms. The first-order chi connectivity index (χ1) is 9.52. The van der Waals surface area contributed by atoms with Gasteiger partial charge in [-0.25, -0.2) is 0 Å². The smallest absolute Gasteiger partial charge is 0.308 e. The van der Waals surface area contributed by atoms with E-state index in [9.17, 15) is 14.7 Å². The summed E-state index contributed by atoms with van der Waals surface area (Å²) in [6.45, 7) is 0.171. The van der Waals surface area contributed by atoms with Crippen LogP contribution in [0.25, 0.3) is 0 Å². The Kier molecular flexibility index (Phi) is 3.24. The molecule has 4 aliphatic rings. The average Bonchev–Trinajstić information content (AvgIpc) is 2.36. The summed E-state index contributed by atoms with van der Waals surface area (Å²) in [6, 6.07) is 0. The highest BCUT2D eigenvalue weighted by molar-refractivity contribution is 5.93. The van der Waals surface area contributed by atoms with Crippen molar-refractivity contribution in [2.75, 3.05) is 6.54 Å². The number of rotatable bonds is 4. The van der Waals surface area contributed by atoms with Crippen LogP contribution in [0.3, 0.4) is 0 Å². The van der Waals surface area contributed by atoms with Crippen molar-refractivity contribution in [1.29, 1.82) is 0 Å². The summed E-state index contributed by atoms with van der Waals surface area (Å²) in [4.78, 5) is 22.9. The summed E-state index contributed by atoms with van der Waals surface area (Å²) in [5, 5.41) is 12.2. The fraction of sp³-hybridized carbons (Fsp3) is 0.750. The second kappa shape index (κ2) is 4.80. The third kappa shape index (κ3) is 2.19. The van der Waals surface area contributed by atoms with Gasteiger partial charge in [0.25, 0.3) is 5.91 Å². The van der Waals surface area contributed by atoms with Gasteiger partial charge < -0.3 is 10.4 Å². The van der Waals surface area contributed by atoms with Gasteiger partial charge in [0.2, 0.25) is 0 Å². The predicted molar refractivity (Wildman–Crippen MR) is 73.6 cm³/mol. The van der Waals surface area contributed by atoms with E-state index in [1.165, 1.54) is 19.3 Å². The van der Waals surface area contributed by atoms with Gasteiger partial charge in [-0.2, -0.15) is 0 Å². The number of terminal acetylenes is 1. The molecular weight excluding hydrogens is 254 g/mol. The second-order valence-electron chi connectivity index (χ2n) is 7.03. The number of carbonyl (C=O) groups is 2. The van der Waals surface area contributed by atoms with Crippen molar-refractivity contribution in [3.8, 4) is 12.3 Å². The van der Waals surface area contributed by atoms with E-state index >= 15 is 0 Å². The molecule has 0 heterocycles. The standard InChI is InChI=1S/C16H21NO3/c1-2-14(18)17-9-13(15(19)20)16-6-10-3-11(7-16)5-12(4-10)8-16/h1,10-13H,3-9H2,(H,17,18)(H,19,20). The molecule has 0 aromatic rings. The van der Waals surface area contributed by atoms with Crippen molar-refractivity contribution in [2.24, 2.45) is 29.1 Å². The van der Waals surface area contributed by atoms with Crippen molar-refractivity contribution >= 4 is 11.9 Å². The van der Waals surface area contributed by atoms with Gasteiger partial charge in [0.1, 0.15) is 0 Å². The van der Waals surface area contributed by atoms with E-state index in [0.29, 0.717) is 17.8 Å². The third-order valence-corrected chi connectivity index (χ3v) is 5.72. The molecule has 1 unspecified atom stereocenters. The fourth-order valence-corrected chi connectivity index (χ4v) is 5.42. The Morgan fingerprint density at radius 3 is 2.10 bits per heavy atom. The van der Waals surface area contributed by atoms with E-state index in [1.807, 2.05) is 5.92 Å². The van der Waals surface area contributed by atoms with Crippen LogP contribution in [0.5, 0.6) is 0 Å². The molecule has 1 atom stereocenters. The number of carbonyl (C=O) groups excluding carboxylic acids is 1. The van der Waals surface area contributed by atoms with Crippen LogP contribution in [0.15, 0.2) is 0 Å². The molecule has 108 valence electrons. The number of amides is 1. The van der Waals surface area contributed by atoms with E-state index in [2.05, 4.69) is 5.32 Å². The Labute approximate surface area is 119 Å². The number of carboxylic acids is 1. The molecule has 4 aliphatic carbocycles. The molecule has 4 heteroatoms. The van der Waals surface area contributed by atoms with E-state index in [0.717, 1.165) is 19.3 Å². The zero-order valence-electron chi connectivity index (χ0n) is 11.6. The Morgan fingerprint density at radius 2 is 1.70 bits per heavy atom. The zero-order valence-corrected chi connectivity index (χ0v) is 11.6. The van der Waals surface area contributed by atoms with Gasteiger partial charge in [0.15, 0.2) is 0 Å². The van der Waals surface area contributed by atoms with Gasteiger partial charge in [-0.1, -0.05) is 0 Å². The van der Waals surface area contributed by atoms with Crippen molar-refractivity contribution in [1.82, 2.24) is 5.32 Å². The molecule has 1 amide bonds. The summed E-state index contributed by atoms with van der Waals surface area (Å²) in [6.07, 6.45) is 11.9. The lowest BCUT2D eigenvalue weighted by Crippen LogP contribution is -2.54. The van der Waals surface area contributed by atoms with Crippen LogP contribution in [-0.4, -0.2) is 23.5 Å². The maximum absolute atomic E-state index is 11.7. The quantitative estimate of drug-likeness (QED) is 0.767. The maximum atomic E-state index is 11.7. The molecule has 0 spiro atoms. The summed E-state index contributed by atoms with van der Waals surface area (Å²) in [5.74, 6) is 2.30. The lowest BCUT2D eigenvalue weighted by Gasteiger charge is -2.58. The van der Waals surface area contributed by atoms with Crippen LogP contribution in [0, 0.1) is 41.4 Å². The Morgan fingerprint density at radius 1 is 1.20 bits per heavy atom. The zero-order chi connectivity index (χ0) is 14.3. The van der Waals surface area contributed by atoms with Gasteiger partial charge in [0, 0.05) is 6.54 Å². The first kappa shape index (κ1) is 13.5. The van der Waals surface area contributed by atoms with Gasteiger partial charge in [0.05, 0.1) is 5.92 Å². The van der Waals surface area contributed by atoms with Crippen LogP contribution in [-0.2, 0) is 9.59 Å². The molecular formula is C16H21NO3. The Bertz CT molecular complexity index is 441. The van der Waals surface area contributed by atoms with Crippen LogP contribution >= 0.6 is 0 Å². The monoisotopic (exact) mass is 275 g/mol. The number of carboxylic acid groups (broad SMARTS) is 1. The normalized spacial score (nSPS) is 39.0. The van der Waals surface area contributed by atoms with Gasteiger partial charge in [-0.3, -0.25) is 9.59 Å². The molecule has 0 aromatic carbocycles. The van der Waals surface area contributed by atoms with E-state index in [1.54, 1.807) is 0 Å². The first-order valence-electron chi connectivity index (χ1n) is 7.49. The van der Waals surface area contributed by atoms with Crippen molar-refractivity contribution in [2.45, 2.75) is 38.5 Å². The lowest BCUT2D eigenvalue weighted by atomic mass is 9.46. The molecule has 0 saturated heterocycles. The number of hydrogen-bond acceptors (Lipinski definition) is 2. The van der Waals surface area contributed by atoms with Crippen molar-refractivity contribution in [3.63, 3.8) is 0 Å². The molecule has 0 aromatic heterocycles. The van der Waals surface area contributed by atoms with Crippen LogP contribution in [0.4, 0.5) is 0 Å². The minimum absolute atomic E-state index is 0.109. The summed E-state index contributed by atoms with van der Waals surface area (Å²) < 4.78 is 0. The molecule has 4 bridgehead atoms. The molecule has 4 fully saturated rings. The highest BCUT2D eigenvalue weighted by Crippen LogP contribution is 2.62. The molecule has 4 nitrogen and oxygen atoms in total. The van der Waals surface area contributed by atoms with E-state index in [-0.39, 0.29) is 12.0 Å². The molecule has 2 N–H and O–H groups in total. The number of nitrogens with one attached hydrogen (secondary N) is 1. The van der Waals surface area contributed by atoms with E-state index in [4.69, 9.17) is 6.42 Å². The minimum atomic E-state index is -0.788. The molecule has 4 saturated carbocycles. The van der Waals surface area contributed by atoms with Gasteiger partial charge >= 0.3 is 5.97 Å². The van der Waals surface area contributed by atoms with Crippen molar-refractivity contribution < 1.29 is 14.7 Å². The lowest BCUT2D eigenvalue weighted by molar-refractivity contribution is -0.157. The van der Waals surface area contributed by atoms with E-state index < -0.39 is 17.8 Å². The Balaban J connectivity index is 1.78. The topological polar surface area (TPSA) is 66.4 Å². The number of hydrogen-bond donors (Lipinski definition) is 2. The molecule has 0 radical (unpaired) electrons. The molecule has 0 aliphatic heterocycles. The molecule has 4 rings (SSSR count). The third-order valence-electron chi connectivity index (χ3n) is 5.72. The highest BCUT2D eigenvalue weighted by atomic mass is 16.4. The van der Waals surface area contributed by atoms with Crippen LogP contribution in [0.2, 0.25) is 0 Å². The van der Waals surface area contributed by atoms with Crippen LogP contribution in [0.1, 0.15) is 38.5 Å². The average molecular weight is 275 g/mol. The Hall–Kier alpha value is -1.50. The summed E-state index contributed by atoms with van der Waals surface area (Å²) in [5.41, 5.74) is -0.109. The highest BCUT2D eigenvalue weighted by Gasteiger charge is 2.55. The van der Waals surface area contributed by atoms with Crippen LogP contribution < -0.4 is 5.32 Å². The fourth-order valence-electron chi connectivity index (χ4n) is 5.42. The second-order valence-corrected chi connectivity index (χ2v) is 7.03. The predicted octanol–water partition coefficient (Wildman–Crippen LogP) is 1.65. The first-order valence-corrected chi connectivity index (χ1v) is 7.49. The van der Waals surface area contributed by atoms with Crippen molar-refractivity contribution in [3.05, 3.63) is 0 Å². The maximum Gasteiger partial charge on any atom is 0.308 e. The number of aliphatic carboxylic acids is 1. The largest absolute Gasteiger partial charge is 0.481 e. The van der Waals surface area contributed by atoms with Gasteiger partial charge in [-0.15, -0.1) is 6.42 Å². The summed E-state index contributed by atoms with van der Waals surface area (Å²) in [7, 11) is 0. The minimum Gasteiger partial charge on any atom is -0.481 e. The SMILES string of the molecule is C#CC(=O)NCC(C(=O)O)C12CC3CC(CC(C3)C1)C2. The summed E-state index contributed by atoms with van der Waals surface area (Å²) >= 11 is 0.